The molecule has 5 nitrogen and oxygen atoms in total. The van der Waals surface area contributed by atoms with Crippen molar-refractivity contribution in [1.29, 1.82) is 0 Å². The molecule has 1 aromatic carbocycles. The van der Waals surface area contributed by atoms with Gasteiger partial charge in [0.2, 0.25) is 0 Å². The summed E-state index contributed by atoms with van der Waals surface area (Å²) in [5, 5.41) is 3.72. The molecule has 0 fully saturated rings. The molecule has 112 valence electrons. The van der Waals surface area contributed by atoms with Crippen LogP contribution in [0, 0.1) is 0 Å². The van der Waals surface area contributed by atoms with Crippen LogP contribution in [-0.4, -0.2) is 37.2 Å². The van der Waals surface area contributed by atoms with Crippen molar-refractivity contribution in [2.24, 2.45) is 0 Å². The van der Waals surface area contributed by atoms with Gasteiger partial charge in [-0.1, -0.05) is 18.2 Å². The molecule has 1 heterocycles. The summed E-state index contributed by atoms with van der Waals surface area (Å²) in [5.74, 6) is 0.307. The van der Waals surface area contributed by atoms with Gasteiger partial charge in [0.25, 0.3) is 0 Å². The zero-order valence-corrected chi connectivity index (χ0v) is 13.3. The molecule has 6 heteroatoms. The second-order valence-electron chi connectivity index (χ2n) is 4.67. The van der Waals surface area contributed by atoms with Crippen molar-refractivity contribution in [2.75, 3.05) is 21.3 Å². The maximum absolute atomic E-state index is 12.2. The summed E-state index contributed by atoms with van der Waals surface area (Å²) < 4.78 is 10.3. The Morgan fingerprint density at radius 2 is 2.00 bits per heavy atom. The number of rotatable bonds is 3. The third kappa shape index (κ3) is 2.71. The highest BCUT2D eigenvalue weighted by molar-refractivity contribution is 7.80. The highest BCUT2D eigenvalue weighted by Crippen LogP contribution is 2.35. The fourth-order valence-corrected chi connectivity index (χ4v) is 2.60. The Balaban J connectivity index is 2.59. The summed E-state index contributed by atoms with van der Waals surface area (Å²) in [4.78, 5) is 13.9. The van der Waals surface area contributed by atoms with Gasteiger partial charge in [-0.05, 0) is 25.2 Å². The van der Waals surface area contributed by atoms with Crippen LogP contribution in [0.25, 0.3) is 0 Å². The van der Waals surface area contributed by atoms with E-state index in [1.807, 2.05) is 38.2 Å². The average molecular weight is 306 g/mol. The van der Waals surface area contributed by atoms with Crippen LogP contribution in [0.15, 0.2) is 35.5 Å². The molecule has 1 N–H and O–H groups in total. The van der Waals surface area contributed by atoms with Crippen molar-refractivity contribution in [3.63, 3.8) is 0 Å². The third-order valence-electron chi connectivity index (χ3n) is 3.61. The van der Waals surface area contributed by atoms with Gasteiger partial charge in [0, 0.05) is 18.3 Å². The first-order valence-corrected chi connectivity index (χ1v) is 6.88. The minimum atomic E-state index is -0.391. The molecule has 2 rings (SSSR count). The molecule has 21 heavy (non-hydrogen) atoms. The number of carbonyl (C=O) groups is 1. The maximum atomic E-state index is 12.2. The van der Waals surface area contributed by atoms with Crippen LogP contribution in [-0.2, 0) is 9.53 Å². The molecule has 0 aromatic heterocycles. The van der Waals surface area contributed by atoms with Crippen molar-refractivity contribution in [1.82, 2.24) is 10.2 Å². The number of nitrogens with one attached hydrogen (secondary N) is 1. The molecule has 0 bridgehead atoms. The Labute approximate surface area is 129 Å². The van der Waals surface area contributed by atoms with Crippen LogP contribution in [0.5, 0.6) is 5.75 Å². The Bertz CT molecular complexity index is 613. The summed E-state index contributed by atoms with van der Waals surface area (Å²) in [6.45, 7) is 1.85. The average Bonchev–Trinajstić information content (AvgIpc) is 2.51. The first-order chi connectivity index (χ1) is 10.0. The van der Waals surface area contributed by atoms with Gasteiger partial charge in [-0.2, -0.15) is 0 Å². The van der Waals surface area contributed by atoms with Crippen LogP contribution in [0.1, 0.15) is 18.5 Å². The number of nitrogens with zero attached hydrogens (tertiary/aromatic N) is 1. The van der Waals surface area contributed by atoms with Gasteiger partial charge < -0.3 is 19.7 Å². The minimum absolute atomic E-state index is 0.384. The van der Waals surface area contributed by atoms with Crippen molar-refractivity contribution < 1.29 is 14.3 Å². The van der Waals surface area contributed by atoms with E-state index in [0.29, 0.717) is 16.4 Å². The van der Waals surface area contributed by atoms with Crippen LogP contribution >= 0.6 is 12.2 Å². The number of carbonyl (C=O) groups excluding carboxylic acids is 1. The lowest BCUT2D eigenvalue weighted by molar-refractivity contribution is -0.136. The lowest BCUT2D eigenvalue weighted by Crippen LogP contribution is -2.46. The zero-order valence-electron chi connectivity index (χ0n) is 12.5. The van der Waals surface area contributed by atoms with Gasteiger partial charge >= 0.3 is 5.97 Å². The van der Waals surface area contributed by atoms with Crippen molar-refractivity contribution in [2.45, 2.75) is 13.0 Å². The van der Waals surface area contributed by atoms with E-state index >= 15 is 0 Å². The topological polar surface area (TPSA) is 50.8 Å². The number of allylic oxidation sites excluding steroid dienone is 1. The molecular formula is C15H18N2O3S. The van der Waals surface area contributed by atoms with Gasteiger partial charge in [0.15, 0.2) is 5.11 Å². The van der Waals surface area contributed by atoms with Gasteiger partial charge in [-0.3, -0.25) is 0 Å². The predicted octanol–water partition coefficient (Wildman–Crippen LogP) is 2.00. The molecule has 0 unspecified atom stereocenters. The zero-order chi connectivity index (χ0) is 15.6. The molecule has 1 aliphatic heterocycles. The van der Waals surface area contributed by atoms with Crippen LogP contribution < -0.4 is 10.1 Å². The Kier molecular flexibility index (Phi) is 4.47. The van der Waals surface area contributed by atoms with E-state index in [4.69, 9.17) is 21.7 Å². The standard InChI is InChI=1S/C15H18N2O3S/c1-9-12(14(18)20-4)13(16-15(21)17(9)2)10-7-5-6-8-11(10)19-3/h5-8,13H,1-4H3,(H,16,21)/t13-/m1/s1. The van der Waals surface area contributed by atoms with E-state index in [-0.39, 0.29) is 5.97 Å². The third-order valence-corrected chi connectivity index (χ3v) is 4.00. The molecule has 0 amide bonds. The van der Waals surface area contributed by atoms with E-state index < -0.39 is 6.04 Å². The Morgan fingerprint density at radius 3 is 2.62 bits per heavy atom. The fraction of sp³-hybridized carbons (Fsp3) is 0.333. The van der Waals surface area contributed by atoms with Gasteiger partial charge in [0.1, 0.15) is 5.75 Å². The first-order valence-electron chi connectivity index (χ1n) is 6.47. The number of hydrogen-bond acceptors (Lipinski definition) is 4. The lowest BCUT2D eigenvalue weighted by atomic mass is 9.94. The molecule has 1 aliphatic rings. The molecule has 1 aromatic rings. The number of esters is 1. The largest absolute Gasteiger partial charge is 0.496 e. The van der Waals surface area contributed by atoms with Gasteiger partial charge in [-0.25, -0.2) is 4.79 Å². The molecule has 0 spiro atoms. The van der Waals surface area contributed by atoms with E-state index in [1.165, 1.54) is 7.11 Å². The number of thiocarbonyl (C=S) groups is 1. The van der Waals surface area contributed by atoms with E-state index in [1.54, 1.807) is 12.0 Å². The number of benzene rings is 1. The number of para-hydroxylation sites is 1. The molecule has 0 saturated carbocycles. The number of hydrogen-bond donors (Lipinski definition) is 1. The SMILES string of the molecule is COC(=O)C1=C(C)N(C)C(=S)N[C@@H]1c1ccccc1OC. The lowest BCUT2D eigenvalue weighted by Gasteiger charge is -2.35. The summed E-state index contributed by atoms with van der Waals surface area (Å²) >= 11 is 5.33. The van der Waals surface area contributed by atoms with Crippen molar-refractivity contribution in [3.8, 4) is 5.75 Å². The Hall–Kier alpha value is -2.08. The van der Waals surface area contributed by atoms with Crippen molar-refractivity contribution in [3.05, 3.63) is 41.1 Å². The van der Waals surface area contributed by atoms with E-state index in [0.717, 1.165) is 11.3 Å². The van der Waals surface area contributed by atoms with Crippen LogP contribution in [0.4, 0.5) is 0 Å². The molecule has 0 saturated heterocycles. The normalized spacial score (nSPS) is 18.4. The molecular weight excluding hydrogens is 288 g/mol. The smallest absolute Gasteiger partial charge is 0.337 e. The number of ether oxygens (including phenoxy) is 2. The van der Waals surface area contributed by atoms with Crippen LogP contribution in [0.2, 0.25) is 0 Å². The molecule has 1 atom stereocenters. The second kappa shape index (κ2) is 6.13. The minimum Gasteiger partial charge on any atom is -0.496 e. The number of methoxy groups -OCH3 is 2. The molecule has 0 aliphatic carbocycles. The van der Waals surface area contributed by atoms with Crippen molar-refractivity contribution >= 4 is 23.3 Å². The van der Waals surface area contributed by atoms with E-state index in [9.17, 15) is 4.79 Å². The van der Waals surface area contributed by atoms with Gasteiger partial charge in [0.05, 0.1) is 25.8 Å². The highest BCUT2D eigenvalue weighted by Gasteiger charge is 2.34. The summed E-state index contributed by atoms with van der Waals surface area (Å²) in [6.07, 6.45) is 0. The second-order valence-corrected chi connectivity index (χ2v) is 5.06. The van der Waals surface area contributed by atoms with Crippen LogP contribution in [0.3, 0.4) is 0 Å². The summed E-state index contributed by atoms with van der Waals surface area (Å²) in [6, 6.07) is 7.13. The monoisotopic (exact) mass is 306 g/mol. The maximum Gasteiger partial charge on any atom is 0.337 e. The summed E-state index contributed by atoms with van der Waals surface area (Å²) in [7, 11) is 4.78. The van der Waals surface area contributed by atoms with E-state index in [2.05, 4.69) is 5.32 Å². The fourth-order valence-electron chi connectivity index (χ4n) is 2.35. The first kappa shape index (κ1) is 15.3. The predicted molar refractivity (Wildman–Crippen MR) is 83.9 cm³/mol. The summed E-state index contributed by atoms with van der Waals surface area (Å²) in [5.41, 5.74) is 2.13. The Morgan fingerprint density at radius 1 is 1.33 bits per heavy atom. The highest BCUT2D eigenvalue weighted by atomic mass is 32.1. The molecule has 0 radical (unpaired) electrons. The van der Waals surface area contributed by atoms with Gasteiger partial charge in [-0.15, -0.1) is 0 Å². The quantitative estimate of drug-likeness (QED) is 0.681.